The number of nitrogens with two attached hydrogens (primary N) is 1. The molecule has 4 heteroatoms. The van der Waals surface area contributed by atoms with Crippen LogP contribution in [0.2, 0.25) is 0 Å². The lowest BCUT2D eigenvalue weighted by Gasteiger charge is -2.17. The van der Waals surface area contributed by atoms with Crippen LogP contribution in [0.3, 0.4) is 0 Å². The summed E-state index contributed by atoms with van der Waals surface area (Å²) in [4.78, 5) is 14.1. The summed E-state index contributed by atoms with van der Waals surface area (Å²) in [6.07, 6.45) is 1.29. The van der Waals surface area contributed by atoms with Gasteiger partial charge in [0.25, 0.3) is 0 Å². The van der Waals surface area contributed by atoms with E-state index in [0.29, 0.717) is 13.1 Å². The van der Waals surface area contributed by atoms with E-state index < -0.39 is 0 Å². The van der Waals surface area contributed by atoms with Gasteiger partial charge in [-0.25, -0.2) is 0 Å². The number of benzene rings is 1. The molecule has 4 nitrogen and oxygen atoms in total. The molecule has 0 saturated heterocycles. The number of carbonyl (C=O) groups excluding carboxylic acids is 1. The summed E-state index contributed by atoms with van der Waals surface area (Å²) >= 11 is 0. The number of para-hydroxylation sites is 1. The van der Waals surface area contributed by atoms with Gasteiger partial charge in [0.2, 0.25) is 5.91 Å². The molecule has 1 aliphatic carbocycles. The molecule has 0 aromatic heterocycles. The van der Waals surface area contributed by atoms with Gasteiger partial charge in [0.05, 0.1) is 6.54 Å². The van der Waals surface area contributed by atoms with E-state index in [1.165, 1.54) is 6.42 Å². The summed E-state index contributed by atoms with van der Waals surface area (Å²) in [6, 6.07) is 7.66. The Balaban J connectivity index is 1.83. The molecule has 2 atom stereocenters. The predicted molar refractivity (Wildman–Crippen MR) is 77.7 cm³/mol. The fourth-order valence-electron chi connectivity index (χ4n) is 2.37. The van der Waals surface area contributed by atoms with Gasteiger partial charge < -0.3 is 11.1 Å². The molecule has 1 fully saturated rings. The summed E-state index contributed by atoms with van der Waals surface area (Å²) in [5, 5.41) is 2.94. The van der Waals surface area contributed by atoms with Gasteiger partial charge in [-0.2, -0.15) is 0 Å². The molecule has 0 heterocycles. The maximum atomic E-state index is 12.0. The molecule has 1 amide bonds. The highest BCUT2D eigenvalue weighted by Crippen LogP contribution is 2.37. The van der Waals surface area contributed by atoms with Crippen molar-refractivity contribution in [1.82, 2.24) is 4.90 Å². The number of anilines is 1. The minimum Gasteiger partial charge on any atom is -0.326 e. The molecular weight excluding hydrogens is 238 g/mol. The molecule has 0 spiro atoms. The van der Waals surface area contributed by atoms with Crippen LogP contribution in [-0.2, 0) is 11.3 Å². The van der Waals surface area contributed by atoms with Crippen molar-refractivity contribution in [3.05, 3.63) is 29.8 Å². The van der Waals surface area contributed by atoms with Crippen molar-refractivity contribution in [2.24, 2.45) is 17.6 Å². The number of carbonyl (C=O) groups is 1. The van der Waals surface area contributed by atoms with Gasteiger partial charge >= 0.3 is 0 Å². The highest BCUT2D eigenvalue weighted by Gasteiger charge is 2.33. The maximum Gasteiger partial charge on any atom is 0.238 e. The van der Waals surface area contributed by atoms with Gasteiger partial charge in [0.1, 0.15) is 0 Å². The Morgan fingerprint density at radius 2 is 2.16 bits per heavy atom. The van der Waals surface area contributed by atoms with Gasteiger partial charge in [0.15, 0.2) is 0 Å². The minimum atomic E-state index is 0.0247. The molecule has 2 rings (SSSR count). The van der Waals surface area contributed by atoms with Gasteiger partial charge in [-0.15, -0.1) is 0 Å². The standard InChI is InChI=1S/C15H23N3O/c1-11-7-13(11)9-18(2)10-15(19)17-14-6-4-3-5-12(14)8-16/h3-6,11,13H,7-10,16H2,1-2H3,(H,17,19). The fourth-order valence-corrected chi connectivity index (χ4v) is 2.37. The second-order valence-corrected chi connectivity index (χ2v) is 5.58. The zero-order chi connectivity index (χ0) is 13.8. The molecule has 1 aromatic carbocycles. The Bertz CT molecular complexity index is 447. The van der Waals surface area contributed by atoms with Gasteiger partial charge in [-0.3, -0.25) is 9.69 Å². The lowest BCUT2D eigenvalue weighted by molar-refractivity contribution is -0.117. The third-order valence-corrected chi connectivity index (χ3v) is 3.75. The summed E-state index contributed by atoms with van der Waals surface area (Å²) in [6.45, 7) is 4.14. The van der Waals surface area contributed by atoms with E-state index in [2.05, 4.69) is 17.1 Å². The second kappa shape index (κ2) is 6.17. The van der Waals surface area contributed by atoms with Crippen LogP contribution in [0.5, 0.6) is 0 Å². The first-order valence-corrected chi connectivity index (χ1v) is 6.86. The number of rotatable bonds is 6. The lowest BCUT2D eigenvalue weighted by atomic mass is 10.2. The summed E-state index contributed by atoms with van der Waals surface area (Å²) in [5.74, 6) is 1.62. The summed E-state index contributed by atoms with van der Waals surface area (Å²) in [7, 11) is 2.00. The van der Waals surface area contributed by atoms with Crippen LogP contribution < -0.4 is 11.1 Å². The Hall–Kier alpha value is -1.39. The highest BCUT2D eigenvalue weighted by atomic mass is 16.2. The molecule has 1 saturated carbocycles. The van der Waals surface area contributed by atoms with Crippen LogP contribution >= 0.6 is 0 Å². The quantitative estimate of drug-likeness (QED) is 0.819. The van der Waals surface area contributed by atoms with Crippen molar-refractivity contribution in [3.8, 4) is 0 Å². The van der Waals surface area contributed by atoms with Crippen LogP contribution in [0, 0.1) is 11.8 Å². The molecule has 104 valence electrons. The Morgan fingerprint density at radius 1 is 1.47 bits per heavy atom. The minimum absolute atomic E-state index is 0.0247. The van der Waals surface area contributed by atoms with Gasteiger partial charge in [-0.05, 0) is 36.9 Å². The van der Waals surface area contributed by atoms with Gasteiger partial charge in [0, 0.05) is 18.8 Å². The Kier molecular flexibility index (Phi) is 4.56. The highest BCUT2D eigenvalue weighted by molar-refractivity contribution is 5.92. The van der Waals surface area contributed by atoms with Crippen molar-refractivity contribution >= 4 is 11.6 Å². The van der Waals surface area contributed by atoms with E-state index in [1.807, 2.05) is 31.3 Å². The molecule has 2 unspecified atom stereocenters. The Morgan fingerprint density at radius 3 is 2.79 bits per heavy atom. The summed E-state index contributed by atoms with van der Waals surface area (Å²) < 4.78 is 0. The van der Waals surface area contributed by atoms with Crippen molar-refractivity contribution < 1.29 is 4.79 Å². The number of hydrogen-bond acceptors (Lipinski definition) is 3. The first-order chi connectivity index (χ1) is 9.10. The lowest BCUT2D eigenvalue weighted by Crippen LogP contribution is -2.32. The predicted octanol–water partition coefficient (Wildman–Crippen LogP) is 1.67. The van der Waals surface area contributed by atoms with E-state index >= 15 is 0 Å². The van der Waals surface area contributed by atoms with Crippen LogP contribution in [0.1, 0.15) is 18.9 Å². The molecule has 0 bridgehead atoms. The average Bonchev–Trinajstić information content (AvgIpc) is 3.04. The van der Waals surface area contributed by atoms with Crippen LogP contribution in [0.25, 0.3) is 0 Å². The van der Waals surface area contributed by atoms with E-state index in [4.69, 9.17) is 5.73 Å². The summed E-state index contributed by atoms with van der Waals surface area (Å²) in [5.41, 5.74) is 7.44. The van der Waals surface area contributed by atoms with Crippen LogP contribution in [0.4, 0.5) is 5.69 Å². The number of nitrogens with zero attached hydrogens (tertiary/aromatic N) is 1. The van der Waals surface area contributed by atoms with Gasteiger partial charge in [-0.1, -0.05) is 25.1 Å². The van der Waals surface area contributed by atoms with Crippen molar-refractivity contribution in [1.29, 1.82) is 0 Å². The monoisotopic (exact) mass is 261 g/mol. The molecular formula is C15H23N3O. The van der Waals surface area contributed by atoms with Crippen molar-refractivity contribution in [3.63, 3.8) is 0 Å². The van der Waals surface area contributed by atoms with E-state index in [-0.39, 0.29) is 5.91 Å². The van der Waals surface area contributed by atoms with Crippen LogP contribution in [-0.4, -0.2) is 30.9 Å². The molecule has 0 aliphatic heterocycles. The number of amides is 1. The first-order valence-electron chi connectivity index (χ1n) is 6.86. The second-order valence-electron chi connectivity index (χ2n) is 5.58. The first kappa shape index (κ1) is 14.0. The van der Waals surface area contributed by atoms with E-state index in [1.54, 1.807) is 0 Å². The third kappa shape index (κ3) is 4.04. The largest absolute Gasteiger partial charge is 0.326 e. The van der Waals surface area contributed by atoms with E-state index in [0.717, 1.165) is 29.6 Å². The van der Waals surface area contributed by atoms with Crippen LogP contribution in [0.15, 0.2) is 24.3 Å². The zero-order valence-electron chi connectivity index (χ0n) is 11.7. The molecule has 3 N–H and O–H groups in total. The number of hydrogen-bond donors (Lipinski definition) is 2. The number of nitrogens with one attached hydrogen (secondary N) is 1. The number of likely N-dealkylation sites (N-methyl/N-ethyl adjacent to an activating group) is 1. The van der Waals surface area contributed by atoms with Crippen molar-refractivity contribution in [2.45, 2.75) is 19.9 Å². The average molecular weight is 261 g/mol. The van der Waals surface area contributed by atoms with E-state index in [9.17, 15) is 4.79 Å². The SMILES string of the molecule is CC1CC1CN(C)CC(=O)Nc1ccccc1CN. The Labute approximate surface area is 115 Å². The normalized spacial score (nSPS) is 21.5. The molecule has 1 aliphatic rings. The molecule has 19 heavy (non-hydrogen) atoms. The maximum absolute atomic E-state index is 12.0. The topological polar surface area (TPSA) is 58.4 Å². The fraction of sp³-hybridized carbons (Fsp3) is 0.533. The van der Waals surface area contributed by atoms with Crippen molar-refractivity contribution in [2.75, 3.05) is 25.5 Å². The zero-order valence-corrected chi connectivity index (χ0v) is 11.7. The molecule has 0 radical (unpaired) electrons. The third-order valence-electron chi connectivity index (χ3n) is 3.75. The smallest absolute Gasteiger partial charge is 0.238 e. The molecule has 1 aromatic rings.